The van der Waals surface area contributed by atoms with E-state index in [1.807, 2.05) is 30.3 Å². The van der Waals surface area contributed by atoms with E-state index in [0.29, 0.717) is 18.8 Å². The highest BCUT2D eigenvalue weighted by Crippen LogP contribution is 2.16. The summed E-state index contributed by atoms with van der Waals surface area (Å²) in [6, 6.07) is 11.4. The van der Waals surface area contributed by atoms with Crippen LogP contribution in [0.4, 0.5) is 13.2 Å². The van der Waals surface area contributed by atoms with Crippen molar-refractivity contribution in [2.24, 2.45) is 5.73 Å². The Morgan fingerprint density at radius 1 is 1.25 bits per heavy atom. The van der Waals surface area contributed by atoms with E-state index in [-0.39, 0.29) is 5.91 Å². The Kier molecular flexibility index (Phi) is 6.93. The van der Waals surface area contributed by atoms with Gasteiger partial charge < -0.3 is 16.2 Å². The molecular weight excluding hydrogens is 329 g/mol. The number of aliphatic carboxylic acids is 1. The van der Waals surface area contributed by atoms with Crippen LogP contribution < -0.4 is 11.1 Å². The highest BCUT2D eigenvalue weighted by atomic mass is 19.4. The van der Waals surface area contributed by atoms with Crippen molar-refractivity contribution in [2.75, 3.05) is 13.1 Å². The van der Waals surface area contributed by atoms with Crippen molar-refractivity contribution in [2.45, 2.75) is 6.18 Å². The molecule has 0 aliphatic rings. The molecule has 2 rings (SSSR count). The summed E-state index contributed by atoms with van der Waals surface area (Å²) in [5.41, 5.74) is 7.48. The average Bonchev–Trinajstić information content (AvgIpc) is 3.03. The molecule has 2 aromatic rings. The number of rotatable bonds is 4. The molecule has 0 saturated heterocycles. The second-order valence-corrected chi connectivity index (χ2v) is 4.38. The van der Waals surface area contributed by atoms with E-state index in [1.165, 1.54) is 0 Å². The van der Waals surface area contributed by atoms with Crippen LogP contribution in [0, 0.1) is 0 Å². The van der Waals surface area contributed by atoms with Gasteiger partial charge in [-0.25, -0.2) is 4.79 Å². The summed E-state index contributed by atoms with van der Waals surface area (Å²) >= 11 is 0. The fourth-order valence-electron chi connectivity index (χ4n) is 1.48. The molecule has 0 unspecified atom stereocenters. The summed E-state index contributed by atoms with van der Waals surface area (Å²) in [5, 5.41) is 16.6. The normalized spacial score (nSPS) is 10.5. The Labute approximate surface area is 134 Å². The first kappa shape index (κ1) is 19.2. The van der Waals surface area contributed by atoms with Gasteiger partial charge in [0.2, 0.25) is 0 Å². The molecule has 10 heteroatoms. The van der Waals surface area contributed by atoms with Gasteiger partial charge in [0.25, 0.3) is 5.91 Å². The summed E-state index contributed by atoms with van der Waals surface area (Å²) in [5.74, 6) is -2.95. The summed E-state index contributed by atoms with van der Waals surface area (Å²) < 4.78 is 31.7. The van der Waals surface area contributed by atoms with E-state index in [4.69, 9.17) is 15.6 Å². The van der Waals surface area contributed by atoms with Crippen LogP contribution in [0.15, 0.2) is 36.4 Å². The minimum atomic E-state index is -5.08. The predicted octanol–water partition coefficient (Wildman–Crippen LogP) is 1.40. The number of hydrogen-bond donors (Lipinski definition) is 4. The number of aromatic nitrogens is 2. The molecule has 0 fully saturated rings. The van der Waals surface area contributed by atoms with Gasteiger partial charge in [0.15, 0.2) is 0 Å². The highest BCUT2D eigenvalue weighted by molar-refractivity contribution is 5.93. The lowest BCUT2D eigenvalue weighted by atomic mass is 10.1. The highest BCUT2D eigenvalue weighted by Gasteiger charge is 2.38. The van der Waals surface area contributed by atoms with Gasteiger partial charge in [-0.05, 0) is 6.07 Å². The van der Waals surface area contributed by atoms with E-state index in [2.05, 4.69) is 15.5 Å². The number of aromatic amines is 1. The molecule has 1 aromatic heterocycles. The SMILES string of the molecule is NCCNC(=O)c1cc(-c2ccccc2)n[nH]1.O=C(O)C(F)(F)F. The third kappa shape index (κ3) is 6.08. The quantitative estimate of drug-likeness (QED) is 0.668. The van der Waals surface area contributed by atoms with Gasteiger partial charge in [-0.15, -0.1) is 0 Å². The van der Waals surface area contributed by atoms with Crippen molar-refractivity contribution >= 4 is 11.9 Å². The number of carbonyl (C=O) groups excluding carboxylic acids is 1. The molecule has 1 amide bonds. The molecule has 0 spiro atoms. The van der Waals surface area contributed by atoms with E-state index < -0.39 is 12.1 Å². The zero-order chi connectivity index (χ0) is 18.2. The van der Waals surface area contributed by atoms with Crippen molar-refractivity contribution in [3.8, 4) is 11.3 Å². The number of nitrogens with zero attached hydrogens (tertiary/aromatic N) is 1. The maximum absolute atomic E-state index is 11.6. The first-order valence-corrected chi connectivity index (χ1v) is 6.65. The van der Waals surface area contributed by atoms with E-state index in [0.717, 1.165) is 11.3 Å². The zero-order valence-electron chi connectivity index (χ0n) is 12.3. The lowest BCUT2D eigenvalue weighted by molar-refractivity contribution is -0.192. The smallest absolute Gasteiger partial charge is 0.475 e. The Hall–Kier alpha value is -2.88. The number of hydrogen-bond acceptors (Lipinski definition) is 4. The van der Waals surface area contributed by atoms with E-state index in [9.17, 15) is 18.0 Å². The van der Waals surface area contributed by atoms with Crippen LogP contribution in [0.3, 0.4) is 0 Å². The molecule has 130 valence electrons. The molecule has 0 atom stereocenters. The number of carboxylic acids is 1. The van der Waals surface area contributed by atoms with Crippen LogP contribution >= 0.6 is 0 Å². The van der Waals surface area contributed by atoms with Gasteiger partial charge in [0.1, 0.15) is 5.69 Å². The van der Waals surface area contributed by atoms with Crippen molar-refractivity contribution in [1.29, 1.82) is 0 Å². The monoisotopic (exact) mass is 344 g/mol. The van der Waals surface area contributed by atoms with Crippen molar-refractivity contribution in [3.63, 3.8) is 0 Å². The number of H-pyrrole nitrogens is 1. The average molecular weight is 344 g/mol. The third-order valence-corrected chi connectivity index (χ3v) is 2.56. The van der Waals surface area contributed by atoms with E-state index in [1.54, 1.807) is 6.07 Å². The Morgan fingerprint density at radius 3 is 2.33 bits per heavy atom. The van der Waals surface area contributed by atoms with Crippen LogP contribution in [0.5, 0.6) is 0 Å². The standard InChI is InChI=1S/C12H14N4O.C2HF3O2/c13-6-7-14-12(17)11-8-10(15-16-11)9-4-2-1-3-5-9;3-2(4,5)1(6)7/h1-5,8H,6-7,13H2,(H,14,17)(H,15,16);(H,6,7). The van der Waals surface area contributed by atoms with Crippen molar-refractivity contribution < 1.29 is 27.9 Å². The molecule has 0 aliphatic heterocycles. The molecule has 0 aliphatic carbocycles. The predicted molar refractivity (Wildman–Crippen MR) is 79.1 cm³/mol. The van der Waals surface area contributed by atoms with Gasteiger partial charge in [-0.3, -0.25) is 9.89 Å². The Balaban J connectivity index is 0.000000351. The van der Waals surface area contributed by atoms with E-state index >= 15 is 0 Å². The molecule has 0 bridgehead atoms. The second kappa shape index (κ2) is 8.67. The Bertz CT molecular complexity index is 671. The number of benzene rings is 1. The van der Waals surface area contributed by atoms with Gasteiger partial charge in [-0.1, -0.05) is 30.3 Å². The van der Waals surface area contributed by atoms with Crippen LogP contribution in [0.1, 0.15) is 10.5 Å². The molecule has 1 heterocycles. The van der Waals surface area contributed by atoms with Gasteiger partial charge >= 0.3 is 12.1 Å². The maximum atomic E-state index is 11.6. The van der Waals surface area contributed by atoms with Crippen molar-refractivity contribution in [1.82, 2.24) is 15.5 Å². The summed E-state index contributed by atoms with van der Waals surface area (Å²) in [4.78, 5) is 20.5. The fourth-order valence-corrected chi connectivity index (χ4v) is 1.48. The van der Waals surface area contributed by atoms with Gasteiger partial charge in [0, 0.05) is 18.7 Å². The lowest BCUT2D eigenvalue weighted by Gasteiger charge is -1.98. The molecule has 0 saturated carbocycles. The molecule has 7 nitrogen and oxygen atoms in total. The number of halogens is 3. The van der Waals surface area contributed by atoms with Gasteiger partial charge in [-0.2, -0.15) is 18.3 Å². The molecule has 1 aromatic carbocycles. The third-order valence-electron chi connectivity index (χ3n) is 2.56. The molecular formula is C14H15F3N4O3. The number of alkyl halides is 3. The summed E-state index contributed by atoms with van der Waals surface area (Å²) in [6.45, 7) is 0.879. The Morgan fingerprint density at radius 2 is 1.83 bits per heavy atom. The molecule has 5 N–H and O–H groups in total. The van der Waals surface area contributed by atoms with Crippen LogP contribution in [-0.2, 0) is 4.79 Å². The minimum absolute atomic E-state index is 0.190. The first-order valence-electron chi connectivity index (χ1n) is 6.65. The molecule has 0 radical (unpaired) electrons. The topological polar surface area (TPSA) is 121 Å². The van der Waals surface area contributed by atoms with Crippen LogP contribution in [0.25, 0.3) is 11.3 Å². The zero-order valence-corrected chi connectivity index (χ0v) is 12.3. The maximum Gasteiger partial charge on any atom is 0.490 e. The number of amides is 1. The number of carbonyl (C=O) groups is 2. The summed E-state index contributed by atoms with van der Waals surface area (Å²) in [6.07, 6.45) is -5.08. The molecule has 24 heavy (non-hydrogen) atoms. The fraction of sp³-hybridized carbons (Fsp3) is 0.214. The first-order chi connectivity index (χ1) is 11.3. The second-order valence-electron chi connectivity index (χ2n) is 4.38. The number of nitrogens with one attached hydrogen (secondary N) is 2. The van der Waals surface area contributed by atoms with Crippen LogP contribution in [-0.4, -0.2) is 46.4 Å². The minimum Gasteiger partial charge on any atom is -0.475 e. The van der Waals surface area contributed by atoms with Crippen molar-refractivity contribution in [3.05, 3.63) is 42.1 Å². The largest absolute Gasteiger partial charge is 0.490 e. The lowest BCUT2D eigenvalue weighted by Crippen LogP contribution is -2.29. The number of carboxylic acid groups (broad SMARTS) is 1. The van der Waals surface area contributed by atoms with Crippen LogP contribution in [0.2, 0.25) is 0 Å². The number of nitrogens with two attached hydrogens (primary N) is 1. The van der Waals surface area contributed by atoms with Gasteiger partial charge in [0.05, 0.1) is 5.69 Å². The summed E-state index contributed by atoms with van der Waals surface area (Å²) in [7, 11) is 0.